The van der Waals surface area contributed by atoms with Crippen molar-refractivity contribution < 1.29 is 139 Å². The fourth-order valence-corrected chi connectivity index (χ4v) is 0. The molecule has 0 saturated carbocycles. The Labute approximate surface area is 174 Å². The van der Waals surface area contributed by atoms with Crippen LogP contribution in [0.5, 0.6) is 0 Å². The summed E-state index contributed by atoms with van der Waals surface area (Å²) in [4.78, 5) is 24.3. The third kappa shape index (κ3) is 3210. The smallest absolute Gasteiger partial charge is 0.790 e. The van der Waals surface area contributed by atoms with E-state index in [2.05, 4.69) is 0 Å². The predicted molar refractivity (Wildman–Crippen MR) is 59.5 cm³/mol. The van der Waals surface area contributed by atoms with Crippen LogP contribution in [0.2, 0.25) is 0 Å². The van der Waals surface area contributed by atoms with Crippen LogP contribution in [-0.4, -0.2) is 94.5 Å². The summed E-state index contributed by atoms with van der Waals surface area (Å²) in [5.74, 6) is 0. The van der Waals surface area contributed by atoms with Crippen molar-refractivity contribution >= 4 is 37.1 Å². The Morgan fingerprint density at radius 3 is 0.522 bits per heavy atom. The average molecular weight is 389 g/mol. The molecule has 13 N–H and O–H groups in total. The molecule has 23 heavy (non-hydrogen) atoms. The minimum Gasteiger partial charge on any atom is -0.790 e. The monoisotopic (exact) mass is 390 g/mol. The average Bonchev–Trinajstić information content (AvgIpc) is 1.91. The molecule has 0 atom stereocenters. The SMILES string of the molecule is O=P([O-])([O-])O.OB(O)O.OB(O)O.OB(O)O.OB(O)O.[Na+].[Na+]. The second kappa shape index (κ2) is 31.6. The van der Waals surface area contributed by atoms with Crippen LogP contribution in [-0.2, 0) is 4.57 Å². The zero-order chi connectivity index (χ0) is 18.8. The zero-order valence-corrected chi connectivity index (χ0v) is 16.7. The molecule has 0 rings (SSSR count). The Morgan fingerprint density at radius 1 is 0.522 bits per heavy atom. The van der Waals surface area contributed by atoms with Crippen LogP contribution in [0.4, 0.5) is 0 Å². The van der Waals surface area contributed by atoms with Crippen LogP contribution in [0, 0.1) is 0 Å². The van der Waals surface area contributed by atoms with E-state index in [0.717, 1.165) is 0 Å². The van der Waals surface area contributed by atoms with E-state index in [-0.39, 0.29) is 59.1 Å². The van der Waals surface area contributed by atoms with Gasteiger partial charge in [-0.3, -0.25) is 0 Å². The first kappa shape index (κ1) is 44.4. The topological polar surface area (TPSA) is 326 Å². The van der Waals surface area contributed by atoms with Crippen LogP contribution >= 0.6 is 7.82 Å². The fourth-order valence-electron chi connectivity index (χ4n) is 0. The Morgan fingerprint density at radius 2 is 0.522 bits per heavy atom. The Hall–Kier alpha value is 1.89. The second-order valence-corrected chi connectivity index (χ2v) is 2.79. The molecule has 0 aromatic heterocycles. The molecular weight excluding hydrogens is 376 g/mol. The molecule has 0 fully saturated rings. The summed E-state index contributed by atoms with van der Waals surface area (Å²) in [5, 5.41) is 86.0. The minimum absolute atomic E-state index is 0. The van der Waals surface area contributed by atoms with Crippen molar-refractivity contribution in [3.8, 4) is 0 Å². The van der Waals surface area contributed by atoms with Crippen molar-refractivity contribution in [1.29, 1.82) is 0 Å². The van der Waals surface area contributed by atoms with Crippen LogP contribution in [0.3, 0.4) is 0 Å². The van der Waals surface area contributed by atoms with Crippen LogP contribution < -0.4 is 68.9 Å². The van der Waals surface area contributed by atoms with E-state index in [1.165, 1.54) is 0 Å². The molecule has 0 aromatic carbocycles. The maximum Gasteiger partial charge on any atom is 1.00 e. The van der Waals surface area contributed by atoms with Gasteiger partial charge in [0.05, 0.1) is 7.82 Å². The molecule has 0 amide bonds. The molecule has 0 aliphatic carbocycles. The van der Waals surface area contributed by atoms with E-state index < -0.39 is 37.1 Å². The summed E-state index contributed by atoms with van der Waals surface area (Å²) >= 11 is 0. The van der Waals surface area contributed by atoms with Gasteiger partial charge in [0, 0.05) is 0 Å². The molecule has 0 saturated heterocycles. The van der Waals surface area contributed by atoms with Crippen molar-refractivity contribution in [2.45, 2.75) is 0 Å². The molecule has 0 heterocycles. The van der Waals surface area contributed by atoms with E-state index in [4.69, 9.17) is 79.5 Å². The maximum absolute atomic E-state index is 8.66. The molecule has 0 radical (unpaired) electrons. The Kier molecular flexibility index (Phi) is 61.1. The summed E-state index contributed by atoms with van der Waals surface area (Å²) in [7, 11) is -13.8. The van der Waals surface area contributed by atoms with Crippen LogP contribution in [0.15, 0.2) is 0 Å². The van der Waals surface area contributed by atoms with Gasteiger partial charge in [0.25, 0.3) is 0 Å². The molecule has 0 spiro atoms. The van der Waals surface area contributed by atoms with Crippen molar-refractivity contribution in [3.63, 3.8) is 0 Å². The van der Waals surface area contributed by atoms with Crippen LogP contribution in [0.1, 0.15) is 0 Å². The fraction of sp³-hybridized carbons (Fsp3) is 0. The van der Waals surface area contributed by atoms with E-state index in [1.807, 2.05) is 0 Å². The normalized spacial score (nSPS) is 7.26. The summed E-state index contributed by atoms with van der Waals surface area (Å²) in [6.45, 7) is 0. The van der Waals surface area contributed by atoms with E-state index in [0.29, 0.717) is 0 Å². The van der Waals surface area contributed by atoms with E-state index in [9.17, 15) is 0 Å². The molecule has 128 valence electrons. The van der Waals surface area contributed by atoms with E-state index >= 15 is 0 Å². The number of rotatable bonds is 0. The van der Waals surface area contributed by atoms with Crippen molar-refractivity contribution in [2.75, 3.05) is 0 Å². The molecule has 23 heteroatoms. The van der Waals surface area contributed by atoms with Crippen LogP contribution in [0.25, 0.3) is 0 Å². The number of hydrogen-bond acceptors (Lipinski definition) is 15. The summed E-state index contributed by atoms with van der Waals surface area (Å²) in [6, 6.07) is 0. The van der Waals surface area contributed by atoms with Gasteiger partial charge in [0.15, 0.2) is 0 Å². The van der Waals surface area contributed by atoms with Gasteiger partial charge in [0.2, 0.25) is 0 Å². The molecule has 0 aliphatic rings. The first-order chi connectivity index (χ1) is 8.93. The molecule has 0 aliphatic heterocycles. The summed E-state index contributed by atoms with van der Waals surface area (Å²) in [5.41, 5.74) is 0. The van der Waals surface area contributed by atoms with Crippen molar-refractivity contribution in [1.82, 2.24) is 0 Å². The van der Waals surface area contributed by atoms with Gasteiger partial charge in [-0.25, -0.2) is 0 Å². The second-order valence-electron chi connectivity index (χ2n) is 1.85. The molecular formula is H13B4Na2O16P. The summed E-state index contributed by atoms with van der Waals surface area (Å²) < 4.78 is 8.66. The van der Waals surface area contributed by atoms with Gasteiger partial charge in [0.1, 0.15) is 0 Å². The first-order valence-corrected chi connectivity index (χ1v) is 5.34. The van der Waals surface area contributed by atoms with Crippen molar-refractivity contribution in [3.05, 3.63) is 0 Å². The molecule has 0 aromatic rings. The van der Waals surface area contributed by atoms with Gasteiger partial charge in [-0.1, -0.05) is 0 Å². The van der Waals surface area contributed by atoms with E-state index in [1.54, 1.807) is 0 Å². The van der Waals surface area contributed by atoms with Gasteiger partial charge in [-0.2, -0.15) is 0 Å². The molecule has 16 nitrogen and oxygen atoms in total. The zero-order valence-electron chi connectivity index (χ0n) is 11.8. The standard InChI is InChI=1S/4BH3O3.2Na.H3O4P/c4*2-1(3)4;;;1-5(2,3)4/h4*2-4H;;;(H3,1,2,3,4)/q;;;;2*+1;/p-2. The third-order valence-corrected chi connectivity index (χ3v) is 0. The Bertz CT molecular complexity index is 163. The maximum atomic E-state index is 8.66. The quantitative estimate of drug-likeness (QED) is 0.135. The number of phosphoric acid groups is 1. The van der Waals surface area contributed by atoms with Gasteiger partial charge >= 0.3 is 88.4 Å². The van der Waals surface area contributed by atoms with Gasteiger partial charge in [-0.05, 0) is 0 Å². The largest absolute Gasteiger partial charge is 1.00 e. The minimum atomic E-state index is -5.14. The Balaban J connectivity index is -0.0000000273. The van der Waals surface area contributed by atoms with Gasteiger partial charge < -0.3 is 79.5 Å². The predicted octanol–water partition coefficient (Wildman–Crippen LogP) is -16.4. The molecule has 0 unspecified atom stereocenters. The summed E-state index contributed by atoms with van der Waals surface area (Å²) in [6.07, 6.45) is 0. The number of hydrogen-bond donors (Lipinski definition) is 13. The van der Waals surface area contributed by atoms with Gasteiger partial charge in [-0.15, -0.1) is 0 Å². The molecule has 0 bridgehead atoms. The van der Waals surface area contributed by atoms with Crippen molar-refractivity contribution in [2.24, 2.45) is 0 Å². The third-order valence-electron chi connectivity index (χ3n) is 0. The first-order valence-electron chi connectivity index (χ1n) is 3.85.